The molecular weight excluding hydrogens is 935 g/mol. The third kappa shape index (κ3) is 6.04. The number of benzene rings is 13. The number of rotatable bonds is 7. The molecule has 3 heterocycles. The standard InChI is InChI=1S/C72H47N3Si/c1-4-22-51(23-5-1)76(52-24-6-2-7-25-52,53-26-8-3-9-27-53)54-28-20-21-48(45-54)75-69-44-42-62-57-31-11-10-29-55(57)56-30-12-13-35-61(56)71(62)72(69)63-41-39-50(47-70(63)75)74-67-38-19-16-34-60(67)64-46-49(40-43-68(64)74)73-65-36-17-14-32-58(65)59-33-15-18-37-66(59)73/h1-47H. The van der Waals surface area contributed by atoms with E-state index in [-0.39, 0.29) is 0 Å². The molecule has 0 radical (unpaired) electrons. The summed E-state index contributed by atoms with van der Waals surface area (Å²) < 4.78 is 7.48. The van der Waals surface area contributed by atoms with Gasteiger partial charge in [0, 0.05) is 54.8 Å². The number of hydrogen-bond acceptors (Lipinski definition) is 0. The van der Waals surface area contributed by atoms with E-state index in [9.17, 15) is 0 Å². The Morgan fingerprint density at radius 1 is 0.184 bits per heavy atom. The molecule has 0 aliphatic heterocycles. The fraction of sp³-hybridized carbons (Fsp3) is 0. The van der Waals surface area contributed by atoms with Crippen LogP contribution in [-0.4, -0.2) is 21.8 Å². The van der Waals surface area contributed by atoms with E-state index in [2.05, 4.69) is 299 Å². The molecule has 0 N–H and O–H groups in total. The third-order valence-electron chi connectivity index (χ3n) is 16.5. The SMILES string of the molecule is c1ccc([Si](c2ccccc2)(c2ccccc2)c2cccc(-n3c4cc(-n5c6ccccc6c6cc(-n7c8ccccc8c8ccccc87)ccc65)ccc4c4c5c6ccccc6c6ccccc6c5ccc43)c2)cc1. The normalized spacial score (nSPS) is 12.2. The molecule has 0 unspecified atom stereocenters. The van der Waals surface area contributed by atoms with Gasteiger partial charge in [0.2, 0.25) is 0 Å². The van der Waals surface area contributed by atoms with Crippen molar-refractivity contribution in [2.24, 2.45) is 0 Å². The van der Waals surface area contributed by atoms with Gasteiger partial charge in [-0.3, -0.25) is 0 Å². The summed E-state index contributed by atoms with van der Waals surface area (Å²) in [5, 5.41) is 20.5. The topological polar surface area (TPSA) is 14.8 Å². The van der Waals surface area contributed by atoms with Crippen LogP contribution in [0.15, 0.2) is 285 Å². The van der Waals surface area contributed by atoms with E-state index >= 15 is 0 Å². The highest BCUT2D eigenvalue weighted by molar-refractivity contribution is 7.19. The van der Waals surface area contributed by atoms with Crippen LogP contribution in [-0.2, 0) is 0 Å². The number of para-hydroxylation sites is 3. The summed E-state index contributed by atoms with van der Waals surface area (Å²) in [7, 11) is -2.88. The van der Waals surface area contributed by atoms with Gasteiger partial charge >= 0.3 is 0 Å². The van der Waals surface area contributed by atoms with Crippen molar-refractivity contribution in [2.75, 3.05) is 0 Å². The van der Waals surface area contributed by atoms with E-state index in [1.54, 1.807) is 0 Å². The predicted molar refractivity (Wildman–Crippen MR) is 326 cm³/mol. The lowest BCUT2D eigenvalue weighted by Gasteiger charge is -2.34. The number of fused-ring (bicyclic) bond motifs is 16. The molecule has 4 heteroatoms. The highest BCUT2D eigenvalue weighted by atomic mass is 28.3. The van der Waals surface area contributed by atoms with Crippen LogP contribution < -0.4 is 20.7 Å². The molecule has 76 heavy (non-hydrogen) atoms. The average molecular weight is 982 g/mol. The van der Waals surface area contributed by atoms with Gasteiger partial charge < -0.3 is 13.7 Å². The summed E-state index contributed by atoms with van der Waals surface area (Å²) in [4.78, 5) is 0. The first-order valence-electron chi connectivity index (χ1n) is 26.3. The molecular formula is C72H47N3Si. The second-order valence-corrected chi connectivity index (χ2v) is 24.1. The Balaban J connectivity index is 0.998. The second-order valence-electron chi connectivity index (χ2n) is 20.3. The van der Waals surface area contributed by atoms with E-state index in [1.165, 1.54) is 113 Å². The molecule has 3 nitrogen and oxygen atoms in total. The maximum Gasteiger partial charge on any atom is 0.179 e. The largest absolute Gasteiger partial charge is 0.309 e. The molecule has 0 saturated heterocycles. The first kappa shape index (κ1) is 42.7. The van der Waals surface area contributed by atoms with Crippen LogP contribution in [0, 0.1) is 0 Å². The molecule has 0 aliphatic rings. The van der Waals surface area contributed by atoms with E-state index in [0.29, 0.717) is 0 Å². The summed E-state index contributed by atoms with van der Waals surface area (Å²) in [6.07, 6.45) is 0. The molecule has 0 amide bonds. The highest BCUT2D eigenvalue weighted by Gasteiger charge is 2.41. The van der Waals surface area contributed by atoms with Crippen LogP contribution in [0.1, 0.15) is 0 Å². The van der Waals surface area contributed by atoms with Crippen molar-refractivity contribution < 1.29 is 0 Å². The van der Waals surface area contributed by atoms with Gasteiger partial charge in [0.15, 0.2) is 8.07 Å². The van der Waals surface area contributed by atoms with Crippen LogP contribution in [0.4, 0.5) is 0 Å². The van der Waals surface area contributed by atoms with Gasteiger partial charge in [-0.2, -0.15) is 0 Å². The van der Waals surface area contributed by atoms with E-state index < -0.39 is 8.07 Å². The van der Waals surface area contributed by atoms with Gasteiger partial charge in [-0.25, -0.2) is 0 Å². The van der Waals surface area contributed by atoms with Gasteiger partial charge in [-0.1, -0.05) is 218 Å². The van der Waals surface area contributed by atoms with Gasteiger partial charge in [-0.05, 0) is 114 Å². The van der Waals surface area contributed by atoms with Crippen molar-refractivity contribution in [3.05, 3.63) is 285 Å². The smallest absolute Gasteiger partial charge is 0.179 e. The zero-order valence-electron chi connectivity index (χ0n) is 41.5. The molecule has 13 aromatic carbocycles. The summed E-state index contributed by atoms with van der Waals surface area (Å²) in [5.74, 6) is 0. The lowest BCUT2D eigenvalue weighted by molar-refractivity contribution is 1.15. The molecule has 0 aliphatic carbocycles. The van der Waals surface area contributed by atoms with Gasteiger partial charge in [-0.15, -0.1) is 0 Å². The Labute approximate surface area is 440 Å². The lowest BCUT2D eigenvalue weighted by atomic mass is 9.92. The zero-order chi connectivity index (χ0) is 49.9. The molecule has 0 spiro atoms. The van der Waals surface area contributed by atoms with Crippen LogP contribution in [0.2, 0.25) is 0 Å². The third-order valence-corrected chi connectivity index (χ3v) is 21.3. The van der Waals surface area contributed by atoms with Crippen LogP contribution in [0.25, 0.3) is 115 Å². The molecule has 16 rings (SSSR count). The number of hydrogen-bond donors (Lipinski definition) is 0. The first-order valence-corrected chi connectivity index (χ1v) is 28.3. The summed E-state index contributed by atoms with van der Waals surface area (Å²) in [6.45, 7) is 0. The maximum absolute atomic E-state index is 2.88. The predicted octanol–water partition coefficient (Wildman–Crippen LogP) is 15.8. The van der Waals surface area contributed by atoms with Gasteiger partial charge in [0.05, 0.1) is 33.1 Å². The minimum atomic E-state index is -2.88. The van der Waals surface area contributed by atoms with E-state index in [1.807, 2.05) is 0 Å². The summed E-state index contributed by atoms with van der Waals surface area (Å²) in [5.41, 5.74) is 10.5. The summed E-state index contributed by atoms with van der Waals surface area (Å²) in [6, 6.07) is 107. The van der Waals surface area contributed by atoms with Crippen molar-refractivity contribution >= 4 is 127 Å². The van der Waals surface area contributed by atoms with Crippen LogP contribution in [0.3, 0.4) is 0 Å². The fourth-order valence-corrected chi connectivity index (χ4v) is 18.2. The monoisotopic (exact) mass is 981 g/mol. The quantitative estimate of drug-likeness (QED) is 0.0859. The zero-order valence-corrected chi connectivity index (χ0v) is 42.5. The Morgan fingerprint density at radius 2 is 0.553 bits per heavy atom. The fourth-order valence-electron chi connectivity index (χ4n) is 13.4. The van der Waals surface area contributed by atoms with Crippen molar-refractivity contribution in [1.29, 1.82) is 0 Å². The lowest BCUT2D eigenvalue weighted by Crippen LogP contribution is -2.74. The number of nitrogens with zero attached hydrogens (tertiary/aromatic N) is 3. The first-order chi connectivity index (χ1) is 37.7. The van der Waals surface area contributed by atoms with Crippen molar-refractivity contribution in [2.45, 2.75) is 0 Å². The molecule has 0 atom stereocenters. The summed E-state index contributed by atoms with van der Waals surface area (Å²) >= 11 is 0. The molecule has 3 aromatic heterocycles. The Bertz CT molecular complexity index is 4800. The van der Waals surface area contributed by atoms with E-state index in [4.69, 9.17) is 0 Å². The van der Waals surface area contributed by atoms with Gasteiger partial charge in [0.1, 0.15) is 0 Å². The van der Waals surface area contributed by atoms with Crippen LogP contribution in [0.5, 0.6) is 0 Å². The van der Waals surface area contributed by atoms with Crippen LogP contribution >= 0.6 is 0 Å². The molecule has 354 valence electrons. The van der Waals surface area contributed by atoms with Crippen molar-refractivity contribution in [1.82, 2.24) is 13.7 Å². The van der Waals surface area contributed by atoms with E-state index in [0.717, 1.165) is 22.6 Å². The maximum atomic E-state index is 2.56. The molecule has 0 saturated carbocycles. The van der Waals surface area contributed by atoms with Gasteiger partial charge in [0.25, 0.3) is 0 Å². The van der Waals surface area contributed by atoms with Crippen molar-refractivity contribution in [3.63, 3.8) is 0 Å². The Kier molecular flexibility index (Phi) is 9.36. The Hall–Kier alpha value is -9.74. The van der Waals surface area contributed by atoms with Crippen molar-refractivity contribution in [3.8, 4) is 17.1 Å². The average Bonchev–Trinajstić information content (AvgIpc) is 4.20. The molecule has 0 fully saturated rings. The Morgan fingerprint density at radius 3 is 1.12 bits per heavy atom. The highest BCUT2D eigenvalue weighted by Crippen LogP contribution is 2.45. The minimum absolute atomic E-state index is 1.12. The molecule has 16 aromatic rings. The number of aromatic nitrogens is 3. The molecule has 0 bridgehead atoms. The minimum Gasteiger partial charge on any atom is -0.309 e. The second kappa shape index (κ2) is 16.6.